The number of carbonyl (C=O) groups is 2. The number of aromatic nitrogens is 2. The topological polar surface area (TPSA) is 117 Å². The van der Waals surface area contributed by atoms with Crippen molar-refractivity contribution >= 4 is 11.9 Å². The number of carbonyl (C=O) groups excluding carboxylic acids is 2. The Morgan fingerprint density at radius 1 is 0.969 bits per heavy atom. The molecule has 2 aromatic carbocycles. The maximum atomic E-state index is 12.6. The Morgan fingerprint density at radius 3 is 2.19 bits per heavy atom. The highest BCUT2D eigenvalue weighted by Crippen LogP contribution is 2.32. The molecular formula is C23H20N2O7. The molecule has 2 heterocycles. The third-order valence-corrected chi connectivity index (χ3v) is 4.95. The van der Waals surface area contributed by atoms with E-state index in [9.17, 15) is 19.5 Å². The van der Waals surface area contributed by atoms with Crippen molar-refractivity contribution in [3.8, 4) is 0 Å². The summed E-state index contributed by atoms with van der Waals surface area (Å²) in [6.45, 7) is -0.262. The van der Waals surface area contributed by atoms with E-state index >= 15 is 0 Å². The summed E-state index contributed by atoms with van der Waals surface area (Å²) in [5.41, 5.74) is 0.201. The highest BCUT2D eigenvalue weighted by Gasteiger charge is 2.47. The summed E-state index contributed by atoms with van der Waals surface area (Å²) in [5, 5.41) is 10.9. The van der Waals surface area contributed by atoms with E-state index < -0.39 is 42.0 Å². The lowest BCUT2D eigenvalue weighted by molar-refractivity contribution is -0.0602. The SMILES string of the molecule is O=C(OC[C@@H]1O[C@H](n2ccc(=O)nc2)C(O)C1OC(=O)c1ccccc1)c1ccccc1. The van der Waals surface area contributed by atoms with Crippen LogP contribution in [0.1, 0.15) is 26.9 Å². The molecule has 9 heteroatoms. The Hall–Kier alpha value is -3.82. The van der Waals surface area contributed by atoms with Gasteiger partial charge >= 0.3 is 11.9 Å². The van der Waals surface area contributed by atoms with Crippen LogP contribution in [0, 0.1) is 0 Å². The van der Waals surface area contributed by atoms with Gasteiger partial charge in [0.2, 0.25) is 0 Å². The Kier molecular flexibility index (Phi) is 6.39. The molecule has 0 amide bonds. The molecule has 4 atom stereocenters. The molecule has 1 fully saturated rings. The summed E-state index contributed by atoms with van der Waals surface area (Å²) in [6, 6.07) is 17.9. The van der Waals surface area contributed by atoms with Gasteiger partial charge in [0.05, 0.1) is 11.1 Å². The van der Waals surface area contributed by atoms with E-state index in [4.69, 9.17) is 14.2 Å². The normalized spacial score (nSPS) is 22.3. The monoisotopic (exact) mass is 436 g/mol. The molecule has 164 valence electrons. The van der Waals surface area contributed by atoms with Crippen molar-refractivity contribution in [3.63, 3.8) is 0 Å². The smallest absolute Gasteiger partial charge is 0.338 e. The molecule has 1 aliphatic rings. The number of aliphatic hydroxyl groups excluding tert-OH is 1. The summed E-state index contributed by atoms with van der Waals surface area (Å²) in [4.78, 5) is 39.9. The lowest BCUT2D eigenvalue weighted by Crippen LogP contribution is -2.38. The van der Waals surface area contributed by atoms with E-state index in [0.29, 0.717) is 11.1 Å². The van der Waals surface area contributed by atoms with Crippen molar-refractivity contribution in [3.05, 3.63) is 101 Å². The summed E-state index contributed by atoms with van der Waals surface area (Å²) < 4.78 is 18.1. The Bertz CT molecular complexity index is 1110. The van der Waals surface area contributed by atoms with Crippen molar-refractivity contribution < 1.29 is 28.9 Å². The number of ether oxygens (including phenoxy) is 3. The minimum atomic E-state index is -1.30. The fourth-order valence-electron chi connectivity index (χ4n) is 3.33. The van der Waals surface area contributed by atoms with E-state index in [1.54, 1.807) is 60.7 Å². The van der Waals surface area contributed by atoms with E-state index in [2.05, 4.69) is 4.98 Å². The zero-order chi connectivity index (χ0) is 22.5. The van der Waals surface area contributed by atoms with Gasteiger partial charge in [0, 0.05) is 12.3 Å². The molecule has 4 rings (SSSR count). The quantitative estimate of drug-likeness (QED) is 0.579. The molecule has 1 N–H and O–H groups in total. The first-order valence-corrected chi connectivity index (χ1v) is 9.88. The van der Waals surface area contributed by atoms with Crippen LogP contribution in [0.25, 0.3) is 0 Å². The number of esters is 2. The third-order valence-electron chi connectivity index (χ3n) is 4.95. The van der Waals surface area contributed by atoms with E-state index in [0.717, 1.165) is 0 Å². The Labute approximate surface area is 182 Å². The van der Waals surface area contributed by atoms with Gasteiger partial charge in [0.25, 0.3) is 5.56 Å². The van der Waals surface area contributed by atoms with Gasteiger partial charge in [-0.25, -0.2) is 9.59 Å². The molecule has 1 aromatic heterocycles. The molecule has 0 radical (unpaired) electrons. The van der Waals surface area contributed by atoms with Gasteiger partial charge in [0.1, 0.15) is 25.1 Å². The minimum absolute atomic E-state index is 0.262. The number of rotatable bonds is 6. The lowest BCUT2D eigenvalue weighted by atomic mass is 10.1. The number of nitrogens with zero attached hydrogens (tertiary/aromatic N) is 2. The summed E-state index contributed by atoms with van der Waals surface area (Å²) in [6.07, 6.45) is -1.77. The van der Waals surface area contributed by atoms with Crippen molar-refractivity contribution in [1.29, 1.82) is 0 Å². The maximum Gasteiger partial charge on any atom is 0.338 e. The van der Waals surface area contributed by atoms with Crippen LogP contribution in [0.5, 0.6) is 0 Å². The van der Waals surface area contributed by atoms with Crippen LogP contribution in [0.2, 0.25) is 0 Å². The van der Waals surface area contributed by atoms with Crippen LogP contribution in [0.4, 0.5) is 0 Å². The number of hydrogen-bond acceptors (Lipinski definition) is 8. The molecule has 0 bridgehead atoms. The van der Waals surface area contributed by atoms with Gasteiger partial charge in [-0.3, -0.25) is 4.79 Å². The Balaban J connectivity index is 1.53. The fraction of sp³-hybridized carbons (Fsp3) is 0.217. The first-order valence-electron chi connectivity index (χ1n) is 9.88. The molecule has 32 heavy (non-hydrogen) atoms. The first kappa shape index (κ1) is 21.4. The molecule has 9 nitrogen and oxygen atoms in total. The molecule has 1 aliphatic heterocycles. The molecule has 3 aromatic rings. The van der Waals surface area contributed by atoms with Crippen LogP contribution in [0.15, 0.2) is 84.0 Å². The first-order chi connectivity index (χ1) is 15.5. The van der Waals surface area contributed by atoms with Crippen LogP contribution >= 0.6 is 0 Å². The van der Waals surface area contributed by atoms with Crippen LogP contribution in [-0.2, 0) is 14.2 Å². The number of aliphatic hydroxyl groups is 1. The number of benzene rings is 2. The van der Waals surface area contributed by atoms with Crippen molar-refractivity contribution in [1.82, 2.24) is 9.55 Å². The zero-order valence-electron chi connectivity index (χ0n) is 16.8. The second-order valence-electron chi connectivity index (χ2n) is 7.10. The van der Waals surface area contributed by atoms with Gasteiger partial charge in [-0.1, -0.05) is 36.4 Å². The molecule has 1 saturated heterocycles. The zero-order valence-corrected chi connectivity index (χ0v) is 16.8. The van der Waals surface area contributed by atoms with Gasteiger partial charge in [-0.2, -0.15) is 4.98 Å². The predicted octanol–water partition coefficient (Wildman–Crippen LogP) is 1.58. The molecule has 0 aliphatic carbocycles. The standard InChI is InChI=1S/C23H20N2O7/c26-18-11-12-25(14-24-18)21-19(27)20(32-23(29)16-9-5-2-6-10-16)17(31-21)13-30-22(28)15-7-3-1-4-8-15/h1-12,14,17,19-21,27H,13H2/t17-,19?,20?,21-/m0/s1. The second-order valence-corrected chi connectivity index (χ2v) is 7.10. The number of hydrogen-bond donors (Lipinski definition) is 1. The van der Waals surface area contributed by atoms with Gasteiger partial charge in [0.15, 0.2) is 12.3 Å². The lowest BCUT2D eigenvalue weighted by Gasteiger charge is -2.21. The molecular weight excluding hydrogens is 416 g/mol. The van der Waals surface area contributed by atoms with Crippen molar-refractivity contribution in [2.45, 2.75) is 24.5 Å². The predicted molar refractivity (Wildman–Crippen MR) is 111 cm³/mol. The summed E-state index contributed by atoms with van der Waals surface area (Å²) >= 11 is 0. The average Bonchev–Trinajstić information content (AvgIpc) is 3.14. The largest absolute Gasteiger partial charge is 0.459 e. The van der Waals surface area contributed by atoms with Crippen LogP contribution in [-0.4, -0.2) is 51.5 Å². The molecule has 0 saturated carbocycles. The van der Waals surface area contributed by atoms with Crippen LogP contribution < -0.4 is 5.56 Å². The summed E-state index contributed by atoms with van der Waals surface area (Å²) in [7, 11) is 0. The fourth-order valence-corrected chi connectivity index (χ4v) is 3.33. The van der Waals surface area contributed by atoms with Gasteiger partial charge in [-0.05, 0) is 24.3 Å². The Morgan fingerprint density at radius 2 is 1.59 bits per heavy atom. The molecule has 0 spiro atoms. The van der Waals surface area contributed by atoms with E-state index in [1.807, 2.05) is 0 Å². The van der Waals surface area contributed by atoms with Gasteiger partial charge in [-0.15, -0.1) is 0 Å². The molecule has 2 unspecified atom stereocenters. The second kappa shape index (κ2) is 9.54. The maximum absolute atomic E-state index is 12.6. The highest BCUT2D eigenvalue weighted by atomic mass is 16.6. The highest BCUT2D eigenvalue weighted by molar-refractivity contribution is 5.90. The minimum Gasteiger partial charge on any atom is -0.459 e. The van der Waals surface area contributed by atoms with E-state index in [1.165, 1.54) is 23.2 Å². The van der Waals surface area contributed by atoms with Gasteiger partial charge < -0.3 is 23.9 Å². The van der Waals surface area contributed by atoms with Crippen molar-refractivity contribution in [2.24, 2.45) is 0 Å². The summed E-state index contributed by atoms with van der Waals surface area (Å²) in [5.74, 6) is -1.23. The average molecular weight is 436 g/mol. The van der Waals surface area contributed by atoms with E-state index in [-0.39, 0.29) is 6.61 Å². The van der Waals surface area contributed by atoms with Crippen molar-refractivity contribution in [2.75, 3.05) is 6.61 Å². The third kappa shape index (κ3) is 4.74. The van der Waals surface area contributed by atoms with Crippen LogP contribution in [0.3, 0.4) is 0 Å².